The van der Waals surface area contributed by atoms with Gasteiger partial charge in [-0.2, -0.15) is 11.8 Å². The third-order valence-electron chi connectivity index (χ3n) is 6.81. The number of thioether (sulfide) groups is 1. The number of carbonyl (C=O) groups excluding carboxylic acids is 6. The van der Waals surface area contributed by atoms with E-state index in [2.05, 4.69) is 26.6 Å². The zero-order chi connectivity index (χ0) is 38.2. The van der Waals surface area contributed by atoms with Crippen molar-refractivity contribution >= 4 is 47.5 Å². The molecule has 0 aromatic heterocycles. The first kappa shape index (κ1) is 42.4. The molecule has 0 heterocycles. The molecular weight excluding hydrogens is 678 g/mol. The van der Waals surface area contributed by atoms with E-state index in [0.29, 0.717) is 17.7 Å². The molecule has 2 rings (SSSR count). The molecule has 0 fully saturated rings. The van der Waals surface area contributed by atoms with E-state index in [4.69, 9.17) is 9.47 Å². The van der Waals surface area contributed by atoms with E-state index in [1.54, 1.807) is 77.9 Å². The molecular formula is C36H51N5O9S. The lowest BCUT2D eigenvalue weighted by molar-refractivity contribution is -0.158. The molecule has 0 spiro atoms. The molecule has 0 aliphatic heterocycles. The molecule has 6 N–H and O–H groups in total. The van der Waals surface area contributed by atoms with E-state index in [9.17, 15) is 33.9 Å². The van der Waals surface area contributed by atoms with Crippen LogP contribution in [0.15, 0.2) is 54.6 Å². The zero-order valence-electron chi connectivity index (χ0n) is 30.3. The summed E-state index contributed by atoms with van der Waals surface area (Å²) in [5, 5.41) is 22.3. The Bertz CT molecular complexity index is 1470. The van der Waals surface area contributed by atoms with Crippen molar-refractivity contribution in [2.75, 3.05) is 25.1 Å². The molecule has 0 saturated heterocycles. The minimum Gasteiger partial charge on any atom is -0.508 e. The van der Waals surface area contributed by atoms with Gasteiger partial charge in [-0.05, 0) is 83.2 Å². The van der Waals surface area contributed by atoms with Crippen molar-refractivity contribution in [2.24, 2.45) is 0 Å². The van der Waals surface area contributed by atoms with Gasteiger partial charge in [-0.15, -0.1) is 0 Å². The molecule has 0 bridgehead atoms. The SMILES string of the molecule is CSCC[C@H](NC(=O)[C@H](Cc1ccccc1)NC(=O)CNC(=O)CNC(=O)[C@H](Cc1ccc(O)cc1)NC(=O)OC(C)(C)C)C(=O)OC(C)(C)C. The molecule has 0 aliphatic carbocycles. The Labute approximate surface area is 303 Å². The van der Waals surface area contributed by atoms with E-state index >= 15 is 0 Å². The summed E-state index contributed by atoms with van der Waals surface area (Å²) in [6, 6.07) is 11.9. The maximum absolute atomic E-state index is 13.5. The summed E-state index contributed by atoms with van der Waals surface area (Å²) in [6.07, 6.45) is 1.51. The molecule has 0 radical (unpaired) electrons. The van der Waals surface area contributed by atoms with Crippen LogP contribution in [-0.2, 0) is 46.3 Å². The third kappa shape index (κ3) is 17.6. The summed E-state index contributed by atoms with van der Waals surface area (Å²) >= 11 is 1.51. The van der Waals surface area contributed by atoms with Gasteiger partial charge in [-0.25, -0.2) is 9.59 Å². The van der Waals surface area contributed by atoms with Gasteiger partial charge in [0.15, 0.2) is 0 Å². The van der Waals surface area contributed by atoms with Crippen LogP contribution in [0, 0.1) is 0 Å². The van der Waals surface area contributed by atoms with Crippen LogP contribution in [0.25, 0.3) is 0 Å². The van der Waals surface area contributed by atoms with Crippen molar-refractivity contribution in [1.82, 2.24) is 26.6 Å². The highest BCUT2D eigenvalue weighted by molar-refractivity contribution is 7.98. The van der Waals surface area contributed by atoms with Gasteiger partial charge >= 0.3 is 12.1 Å². The first-order chi connectivity index (χ1) is 23.8. The van der Waals surface area contributed by atoms with Gasteiger partial charge in [0.25, 0.3) is 0 Å². The number of rotatable bonds is 17. The maximum Gasteiger partial charge on any atom is 0.408 e. The normalized spacial score (nSPS) is 13.1. The van der Waals surface area contributed by atoms with Crippen LogP contribution < -0.4 is 26.6 Å². The van der Waals surface area contributed by atoms with Crippen LogP contribution in [0.4, 0.5) is 4.79 Å². The van der Waals surface area contributed by atoms with Crippen molar-refractivity contribution in [3.8, 4) is 5.75 Å². The molecule has 3 atom stereocenters. The van der Waals surface area contributed by atoms with E-state index < -0.39 is 78.1 Å². The number of phenolic OH excluding ortho intramolecular Hbond substituents is 1. The molecule has 0 saturated carbocycles. The van der Waals surface area contributed by atoms with Crippen molar-refractivity contribution in [3.63, 3.8) is 0 Å². The number of esters is 1. The summed E-state index contributed by atoms with van der Waals surface area (Å²) in [7, 11) is 0. The average Bonchev–Trinajstić information content (AvgIpc) is 3.03. The Morgan fingerprint density at radius 1 is 0.667 bits per heavy atom. The fraction of sp³-hybridized carbons (Fsp3) is 0.500. The van der Waals surface area contributed by atoms with Crippen molar-refractivity contribution in [1.29, 1.82) is 0 Å². The standard InChI is InChI=1S/C36H51N5O9S/c1-35(2,3)49-33(47)26(17-18-51-7)40-32(46)28(19-23-11-9-8-10-12-23)39-30(44)22-37-29(43)21-38-31(45)27(41-34(48)50-36(4,5)6)20-24-13-15-25(42)16-14-24/h8-16,26-28,42H,17-22H2,1-7H3,(H,37,43)(H,38,45)(H,39,44)(H,40,46)(H,41,48)/t26-,27-,28-/m0/s1. The molecule has 51 heavy (non-hydrogen) atoms. The van der Waals surface area contributed by atoms with Crippen LogP contribution in [0.3, 0.4) is 0 Å². The maximum atomic E-state index is 13.5. The fourth-order valence-electron chi connectivity index (χ4n) is 4.49. The number of hydrogen-bond donors (Lipinski definition) is 6. The second-order valence-electron chi connectivity index (χ2n) is 13.7. The number of carbonyl (C=O) groups is 6. The summed E-state index contributed by atoms with van der Waals surface area (Å²) in [6.45, 7) is 9.18. The molecule has 0 aliphatic rings. The van der Waals surface area contributed by atoms with Gasteiger partial charge in [0.1, 0.15) is 35.1 Å². The molecule has 15 heteroatoms. The first-order valence-corrected chi connectivity index (χ1v) is 17.9. The Kier molecular flexibility index (Phi) is 16.7. The summed E-state index contributed by atoms with van der Waals surface area (Å²) in [5.74, 6) is -2.64. The summed E-state index contributed by atoms with van der Waals surface area (Å²) in [5.41, 5.74) is -0.207. The Balaban J connectivity index is 2.05. The highest BCUT2D eigenvalue weighted by atomic mass is 32.2. The number of nitrogens with one attached hydrogen (secondary N) is 5. The van der Waals surface area contributed by atoms with Crippen LogP contribution in [0.2, 0.25) is 0 Å². The highest BCUT2D eigenvalue weighted by Gasteiger charge is 2.30. The average molecular weight is 730 g/mol. The Hall–Kier alpha value is -4.79. The van der Waals surface area contributed by atoms with E-state index in [1.165, 1.54) is 23.9 Å². The molecule has 14 nitrogen and oxygen atoms in total. The molecule has 2 aromatic rings. The lowest BCUT2D eigenvalue weighted by Crippen LogP contribution is -2.55. The number of phenols is 1. The molecule has 2 aromatic carbocycles. The van der Waals surface area contributed by atoms with Crippen molar-refractivity contribution in [3.05, 3.63) is 65.7 Å². The minimum atomic E-state index is -1.13. The number of hydrogen-bond acceptors (Lipinski definition) is 10. The first-order valence-electron chi connectivity index (χ1n) is 16.5. The van der Waals surface area contributed by atoms with Crippen LogP contribution in [-0.4, -0.2) is 95.2 Å². The Morgan fingerprint density at radius 2 is 1.22 bits per heavy atom. The predicted molar refractivity (Wildman–Crippen MR) is 194 cm³/mol. The fourth-order valence-corrected chi connectivity index (χ4v) is 4.96. The van der Waals surface area contributed by atoms with Gasteiger partial charge < -0.3 is 41.2 Å². The van der Waals surface area contributed by atoms with Crippen molar-refractivity contribution in [2.45, 2.75) is 90.1 Å². The number of amides is 5. The number of ether oxygens (including phenoxy) is 2. The van der Waals surface area contributed by atoms with E-state index in [-0.39, 0.29) is 18.6 Å². The number of aromatic hydroxyl groups is 1. The second kappa shape index (κ2) is 20.2. The largest absolute Gasteiger partial charge is 0.508 e. The van der Waals surface area contributed by atoms with Gasteiger partial charge in [0.2, 0.25) is 23.6 Å². The van der Waals surface area contributed by atoms with Crippen molar-refractivity contribution < 1.29 is 43.3 Å². The lowest BCUT2D eigenvalue weighted by Gasteiger charge is -2.26. The number of benzene rings is 2. The smallest absolute Gasteiger partial charge is 0.408 e. The molecule has 0 unspecified atom stereocenters. The van der Waals surface area contributed by atoms with Crippen LogP contribution >= 0.6 is 11.8 Å². The number of alkyl carbamates (subject to hydrolysis) is 1. The highest BCUT2D eigenvalue weighted by Crippen LogP contribution is 2.14. The van der Waals surface area contributed by atoms with Gasteiger partial charge in [-0.3, -0.25) is 19.2 Å². The minimum absolute atomic E-state index is 0.0312. The van der Waals surface area contributed by atoms with Crippen LogP contribution in [0.1, 0.15) is 59.1 Å². The monoisotopic (exact) mass is 729 g/mol. The lowest BCUT2D eigenvalue weighted by atomic mass is 10.0. The van der Waals surface area contributed by atoms with Gasteiger partial charge in [0, 0.05) is 12.8 Å². The van der Waals surface area contributed by atoms with Crippen LogP contribution in [0.5, 0.6) is 5.75 Å². The predicted octanol–water partition coefficient (Wildman–Crippen LogP) is 2.37. The van der Waals surface area contributed by atoms with Gasteiger partial charge in [0.05, 0.1) is 13.1 Å². The van der Waals surface area contributed by atoms with E-state index in [1.807, 2.05) is 12.3 Å². The van der Waals surface area contributed by atoms with E-state index in [0.717, 1.165) is 5.56 Å². The zero-order valence-corrected chi connectivity index (χ0v) is 31.1. The molecule has 5 amide bonds. The summed E-state index contributed by atoms with van der Waals surface area (Å²) < 4.78 is 10.8. The van der Waals surface area contributed by atoms with Gasteiger partial charge in [-0.1, -0.05) is 42.5 Å². The molecule has 280 valence electrons. The second-order valence-corrected chi connectivity index (χ2v) is 14.7. The topological polar surface area (TPSA) is 201 Å². The Morgan fingerprint density at radius 3 is 1.78 bits per heavy atom. The third-order valence-corrected chi connectivity index (χ3v) is 7.45. The summed E-state index contributed by atoms with van der Waals surface area (Å²) in [4.78, 5) is 77.5. The quantitative estimate of drug-likeness (QED) is 0.131.